The standard InChI is InChI=1S/C18H27ClN2O2/c1-3-6-23-18-15(19)7-12(8-17(18)22-2)9-21-10-13-4-5-16(20)14(13)11-21/h7-8,13-14,16H,3-6,9-11,20H2,1-2H3/t13-,14-,16+/m0/s1. The average molecular weight is 339 g/mol. The Morgan fingerprint density at radius 1 is 1.30 bits per heavy atom. The zero-order valence-corrected chi connectivity index (χ0v) is 14.8. The van der Waals surface area contributed by atoms with E-state index in [4.69, 9.17) is 26.8 Å². The largest absolute Gasteiger partial charge is 0.493 e. The van der Waals surface area contributed by atoms with Gasteiger partial charge in [-0.05, 0) is 48.8 Å². The summed E-state index contributed by atoms with van der Waals surface area (Å²) in [5, 5.41) is 0.629. The first-order valence-electron chi connectivity index (χ1n) is 8.59. The highest BCUT2D eigenvalue weighted by Crippen LogP contribution is 2.40. The van der Waals surface area contributed by atoms with Crippen molar-refractivity contribution >= 4 is 11.6 Å². The fourth-order valence-electron chi connectivity index (χ4n) is 4.00. The molecule has 1 saturated carbocycles. The molecule has 1 aromatic carbocycles. The summed E-state index contributed by atoms with van der Waals surface area (Å²) < 4.78 is 11.2. The molecule has 2 fully saturated rings. The minimum Gasteiger partial charge on any atom is -0.493 e. The van der Waals surface area contributed by atoms with Gasteiger partial charge in [-0.2, -0.15) is 0 Å². The molecule has 1 aliphatic carbocycles. The summed E-state index contributed by atoms with van der Waals surface area (Å²) in [7, 11) is 1.66. The number of rotatable bonds is 6. The molecule has 4 nitrogen and oxygen atoms in total. The van der Waals surface area contributed by atoms with Crippen molar-refractivity contribution in [3.63, 3.8) is 0 Å². The predicted molar refractivity (Wildman–Crippen MR) is 93.3 cm³/mol. The molecule has 0 spiro atoms. The minimum atomic E-state index is 0.382. The van der Waals surface area contributed by atoms with Gasteiger partial charge in [0.2, 0.25) is 0 Å². The molecular weight excluding hydrogens is 312 g/mol. The molecule has 1 aliphatic heterocycles. The van der Waals surface area contributed by atoms with Gasteiger partial charge >= 0.3 is 0 Å². The Hall–Kier alpha value is -0.970. The van der Waals surface area contributed by atoms with E-state index in [1.54, 1.807) is 7.11 Å². The smallest absolute Gasteiger partial charge is 0.179 e. The maximum atomic E-state index is 6.41. The number of hydrogen-bond acceptors (Lipinski definition) is 4. The van der Waals surface area contributed by atoms with Crippen molar-refractivity contribution in [3.8, 4) is 11.5 Å². The van der Waals surface area contributed by atoms with Crippen LogP contribution in [0.4, 0.5) is 0 Å². The van der Waals surface area contributed by atoms with Crippen LogP contribution in [0.3, 0.4) is 0 Å². The molecule has 23 heavy (non-hydrogen) atoms. The van der Waals surface area contributed by atoms with E-state index in [0.29, 0.717) is 29.3 Å². The Kier molecular flexibility index (Phi) is 5.34. The van der Waals surface area contributed by atoms with Crippen LogP contribution in [-0.4, -0.2) is 37.7 Å². The average Bonchev–Trinajstić information content (AvgIpc) is 3.07. The Bertz CT molecular complexity index is 552. The fraction of sp³-hybridized carbons (Fsp3) is 0.667. The molecule has 1 saturated heterocycles. The van der Waals surface area contributed by atoms with Crippen LogP contribution in [0.15, 0.2) is 12.1 Å². The number of nitrogens with zero attached hydrogens (tertiary/aromatic N) is 1. The second-order valence-electron chi connectivity index (χ2n) is 6.82. The van der Waals surface area contributed by atoms with Crippen molar-refractivity contribution in [2.75, 3.05) is 26.8 Å². The van der Waals surface area contributed by atoms with E-state index in [-0.39, 0.29) is 0 Å². The first kappa shape index (κ1) is 16.9. The lowest BCUT2D eigenvalue weighted by Gasteiger charge is -2.20. The molecule has 3 atom stereocenters. The molecule has 0 aromatic heterocycles. The van der Waals surface area contributed by atoms with Gasteiger partial charge in [-0.15, -0.1) is 0 Å². The SMILES string of the molecule is CCCOc1c(Cl)cc(CN2C[C@@H]3CC[C@@H](N)[C@H]3C2)cc1OC. The number of halogens is 1. The van der Waals surface area contributed by atoms with E-state index < -0.39 is 0 Å². The summed E-state index contributed by atoms with van der Waals surface area (Å²) >= 11 is 6.41. The van der Waals surface area contributed by atoms with Crippen molar-refractivity contribution in [1.29, 1.82) is 0 Å². The van der Waals surface area contributed by atoms with Crippen LogP contribution >= 0.6 is 11.6 Å². The second-order valence-corrected chi connectivity index (χ2v) is 7.22. The molecule has 3 rings (SSSR count). The zero-order chi connectivity index (χ0) is 16.4. The van der Waals surface area contributed by atoms with Gasteiger partial charge in [0, 0.05) is 25.7 Å². The number of fused-ring (bicyclic) bond motifs is 1. The van der Waals surface area contributed by atoms with Gasteiger partial charge < -0.3 is 15.2 Å². The Balaban J connectivity index is 1.70. The maximum absolute atomic E-state index is 6.41. The van der Waals surface area contributed by atoms with Gasteiger partial charge in [0.05, 0.1) is 18.7 Å². The summed E-state index contributed by atoms with van der Waals surface area (Å²) in [5.74, 6) is 2.81. The van der Waals surface area contributed by atoms with Crippen LogP contribution in [0.1, 0.15) is 31.7 Å². The highest BCUT2D eigenvalue weighted by Gasteiger charge is 2.40. The van der Waals surface area contributed by atoms with Crippen molar-refractivity contribution in [2.24, 2.45) is 17.6 Å². The van der Waals surface area contributed by atoms with Crippen LogP contribution in [-0.2, 0) is 6.54 Å². The molecule has 2 N–H and O–H groups in total. The molecular formula is C18H27ClN2O2. The third-order valence-electron chi connectivity index (χ3n) is 5.13. The van der Waals surface area contributed by atoms with Gasteiger partial charge in [-0.25, -0.2) is 0 Å². The molecule has 2 aliphatic rings. The van der Waals surface area contributed by atoms with Crippen molar-refractivity contribution in [1.82, 2.24) is 4.90 Å². The van der Waals surface area contributed by atoms with Gasteiger partial charge in [0.1, 0.15) is 0 Å². The molecule has 1 heterocycles. The van der Waals surface area contributed by atoms with Gasteiger partial charge in [0.15, 0.2) is 11.5 Å². The van der Waals surface area contributed by atoms with Crippen LogP contribution in [0.2, 0.25) is 5.02 Å². The minimum absolute atomic E-state index is 0.382. The first-order valence-corrected chi connectivity index (χ1v) is 8.97. The summed E-state index contributed by atoms with van der Waals surface area (Å²) in [6.45, 7) is 5.85. The van der Waals surface area contributed by atoms with E-state index >= 15 is 0 Å². The van der Waals surface area contributed by atoms with Gasteiger partial charge in [0.25, 0.3) is 0 Å². The molecule has 5 heteroatoms. The molecule has 0 bridgehead atoms. The second kappa shape index (κ2) is 7.29. The molecule has 0 unspecified atom stereocenters. The van der Waals surface area contributed by atoms with E-state index in [1.807, 2.05) is 12.1 Å². The third kappa shape index (κ3) is 3.59. The zero-order valence-electron chi connectivity index (χ0n) is 14.1. The highest BCUT2D eigenvalue weighted by atomic mass is 35.5. The number of ether oxygens (including phenoxy) is 2. The first-order chi connectivity index (χ1) is 11.1. The Morgan fingerprint density at radius 2 is 2.13 bits per heavy atom. The Labute approximate surface area is 143 Å². The summed E-state index contributed by atoms with van der Waals surface area (Å²) in [5.41, 5.74) is 7.40. The predicted octanol–water partition coefficient (Wildman–Crippen LogP) is 3.31. The van der Waals surface area contributed by atoms with E-state index in [2.05, 4.69) is 11.8 Å². The normalized spacial score (nSPS) is 27.2. The molecule has 0 amide bonds. The number of methoxy groups -OCH3 is 1. The summed E-state index contributed by atoms with van der Waals surface area (Å²) in [6.07, 6.45) is 3.40. The molecule has 128 valence electrons. The monoisotopic (exact) mass is 338 g/mol. The lowest BCUT2D eigenvalue weighted by Crippen LogP contribution is -2.30. The highest BCUT2D eigenvalue weighted by molar-refractivity contribution is 6.32. The number of benzene rings is 1. The van der Waals surface area contributed by atoms with E-state index in [9.17, 15) is 0 Å². The quantitative estimate of drug-likeness (QED) is 0.864. The number of nitrogens with two attached hydrogens (primary N) is 1. The van der Waals surface area contributed by atoms with Crippen LogP contribution in [0, 0.1) is 11.8 Å². The van der Waals surface area contributed by atoms with E-state index in [0.717, 1.165) is 37.7 Å². The fourth-order valence-corrected chi connectivity index (χ4v) is 4.28. The molecule has 1 aromatic rings. The van der Waals surface area contributed by atoms with Crippen molar-refractivity contribution in [2.45, 2.75) is 38.8 Å². The summed E-state index contributed by atoms with van der Waals surface area (Å²) in [6, 6.07) is 4.43. The summed E-state index contributed by atoms with van der Waals surface area (Å²) in [4.78, 5) is 2.49. The van der Waals surface area contributed by atoms with E-state index in [1.165, 1.54) is 18.4 Å². The van der Waals surface area contributed by atoms with Gasteiger partial charge in [-0.1, -0.05) is 18.5 Å². The molecule has 0 radical (unpaired) electrons. The maximum Gasteiger partial charge on any atom is 0.179 e. The Morgan fingerprint density at radius 3 is 2.83 bits per heavy atom. The lowest BCUT2D eigenvalue weighted by atomic mass is 9.98. The van der Waals surface area contributed by atoms with Crippen LogP contribution in [0.5, 0.6) is 11.5 Å². The number of hydrogen-bond donors (Lipinski definition) is 1. The third-order valence-corrected chi connectivity index (χ3v) is 5.41. The topological polar surface area (TPSA) is 47.7 Å². The van der Waals surface area contributed by atoms with Crippen LogP contribution < -0.4 is 15.2 Å². The number of likely N-dealkylation sites (tertiary alicyclic amines) is 1. The lowest BCUT2D eigenvalue weighted by molar-refractivity contribution is 0.288. The van der Waals surface area contributed by atoms with Gasteiger partial charge in [-0.3, -0.25) is 4.90 Å². The van der Waals surface area contributed by atoms with Crippen molar-refractivity contribution < 1.29 is 9.47 Å². The van der Waals surface area contributed by atoms with Crippen molar-refractivity contribution in [3.05, 3.63) is 22.7 Å². The van der Waals surface area contributed by atoms with Crippen LogP contribution in [0.25, 0.3) is 0 Å².